The Morgan fingerprint density at radius 1 is 1.59 bits per heavy atom. The predicted octanol–water partition coefficient (Wildman–Crippen LogP) is 3.20. The van der Waals surface area contributed by atoms with E-state index in [9.17, 15) is 9.18 Å². The van der Waals surface area contributed by atoms with Crippen LogP contribution in [0.4, 0.5) is 9.52 Å². The number of hydrogen-bond acceptors (Lipinski definition) is 3. The van der Waals surface area contributed by atoms with Crippen LogP contribution in [0.1, 0.15) is 13.8 Å². The topological polar surface area (TPSA) is 42.0 Å². The lowest BCUT2D eigenvalue weighted by molar-refractivity contribution is -0.117. The maximum Gasteiger partial charge on any atom is 0.240 e. The molecule has 0 saturated heterocycles. The summed E-state index contributed by atoms with van der Waals surface area (Å²) in [4.78, 5) is 16.1. The fourth-order valence-corrected chi connectivity index (χ4v) is 3.62. The standard InChI is InChI=1S/C11H13FN2OS2/c1-11(2,17-6-3-8(12)7-17)9(15)14-10-13-4-5-16-10/h3-7,17H,1-2H3,(H,13,14,15). The summed E-state index contributed by atoms with van der Waals surface area (Å²) in [6.07, 6.45) is 3.05. The van der Waals surface area contributed by atoms with Gasteiger partial charge >= 0.3 is 0 Å². The maximum absolute atomic E-state index is 13.0. The molecule has 17 heavy (non-hydrogen) atoms. The van der Waals surface area contributed by atoms with E-state index in [-0.39, 0.29) is 11.7 Å². The zero-order valence-corrected chi connectivity index (χ0v) is 11.2. The third kappa shape index (κ3) is 2.58. The van der Waals surface area contributed by atoms with Gasteiger partial charge in [-0.05, 0) is 30.7 Å². The molecule has 1 amide bonds. The summed E-state index contributed by atoms with van der Waals surface area (Å²) in [7, 11) is -0.902. The molecule has 1 N–H and O–H groups in total. The molecule has 1 unspecified atom stereocenters. The molecule has 2 heterocycles. The second kappa shape index (κ2) is 4.62. The monoisotopic (exact) mass is 272 g/mol. The van der Waals surface area contributed by atoms with Gasteiger partial charge in [0.2, 0.25) is 5.91 Å². The third-order valence-corrected chi connectivity index (χ3v) is 5.69. The van der Waals surface area contributed by atoms with Gasteiger partial charge in [-0.15, -0.1) is 11.3 Å². The molecule has 1 aromatic heterocycles. The summed E-state index contributed by atoms with van der Waals surface area (Å²) in [6, 6.07) is 0. The average molecular weight is 272 g/mol. The van der Waals surface area contributed by atoms with Crippen molar-refractivity contribution in [3.8, 4) is 0 Å². The van der Waals surface area contributed by atoms with Crippen LogP contribution in [-0.4, -0.2) is 15.6 Å². The number of anilines is 1. The summed E-state index contributed by atoms with van der Waals surface area (Å²) in [5.41, 5.74) is 0. The molecule has 0 spiro atoms. The molecule has 0 aromatic carbocycles. The lowest BCUT2D eigenvalue weighted by atomic mass is 10.2. The number of rotatable bonds is 3. The quantitative estimate of drug-likeness (QED) is 0.830. The highest BCUT2D eigenvalue weighted by Gasteiger charge is 2.34. The molecule has 92 valence electrons. The van der Waals surface area contributed by atoms with Gasteiger partial charge in [0.25, 0.3) is 0 Å². The Morgan fingerprint density at radius 3 is 2.88 bits per heavy atom. The van der Waals surface area contributed by atoms with Crippen molar-refractivity contribution in [2.75, 3.05) is 5.32 Å². The summed E-state index contributed by atoms with van der Waals surface area (Å²) >= 11 is 1.37. The van der Waals surface area contributed by atoms with Crippen LogP contribution < -0.4 is 5.32 Å². The molecule has 0 aliphatic carbocycles. The Morgan fingerprint density at radius 2 is 2.35 bits per heavy atom. The van der Waals surface area contributed by atoms with E-state index < -0.39 is 15.6 Å². The number of halogens is 1. The molecule has 3 nitrogen and oxygen atoms in total. The molecule has 0 bridgehead atoms. The first-order chi connectivity index (χ1) is 8.00. The van der Waals surface area contributed by atoms with E-state index >= 15 is 0 Å². The van der Waals surface area contributed by atoms with Gasteiger partial charge in [-0.2, -0.15) is 10.9 Å². The van der Waals surface area contributed by atoms with Crippen LogP contribution in [0.2, 0.25) is 0 Å². The Bertz CT molecular complexity index is 480. The van der Waals surface area contributed by atoms with Crippen LogP contribution in [0.5, 0.6) is 0 Å². The Labute approximate surface area is 106 Å². The van der Waals surface area contributed by atoms with Crippen molar-refractivity contribution in [1.29, 1.82) is 0 Å². The van der Waals surface area contributed by atoms with Gasteiger partial charge in [-0.1, -0.05) is 0 Å². The van der Waals surface area contributed by atoms with Gasteiger partial charge in [-0.3, -0.25) is 4.79 Å². The van der Waals surface area contributed by atoms with Crippen LogP contribution in [0, 0.1) is 0 Å². The molecule has 2 rings (SSSR count). The Balaban J connectivity index is 2.10. The van der Waals surface area contributed by atoms with Gasteiger partial charge in [0, 0.05) is 11.6 Å². The number of thiazole rings is 1. The number of amides is 1. The lowest BCUT2D eigenvalue weighted by Crippen LogP contribution is -2.35. The Hall–Kier alpha value is -1.14. The predicted molar refractivity (Wildman–Crippen MR) is 72.1 cm³/mol. The number of allylic oxidation sites excluding steroid dienone is 2. The van der Waals surface area contributed by atoms with E-state index in [1.807, 2.05) is 13.8 Å². The van der Waals surface area contributed by atoms with Crippen molar-refractivity contribution >= 4 is 33.3 Å². The number of hydrogen-bond donors (Lipinski definition) is 2. The number of carbonyl (C=O) groups excluding carboxylic acids is 1. The van der Waals surface area contributed by atoms with E-state index in [2.05, 4.69) is 10.3 Å². The number of aromatic nitrogens is 1. The van der Waals surface area contributed by atoms with Gasteiger partial charge in [0.05, 0.1) is 4.75 Å². The fourth-order valence-electron chi connectivity index (χ4n) is 1.37. The smallest absolute Gasteiger partial charge is 0.240 e. The highest BCUT2D eigenvalue weighted by Crippen LogP contribution is 2.48. The summed E-state index contributed by atoms with van der Waals surface area (Å²) in [6.45, 7) is 3.64. The number of thiol groups is 1. The first-order valence-corrected chi connectivity index (χ1v) is 7.41. The molecule has 1 aromatic rings. The van der Waals surface area contributed by atoms with Crippen molar-refractivity contribution < 1.29 is 9.18 Å². The molecular weight excluding hydrogens is 259 g/mol. The molecule has 6 heteroatoms. The highest BCUT2D eigenvalue weighted by atomic mass is 32.2. The van der Waals surface area contributed by atoms with Gasteiger partial charge in [-0.25, -0.2) is 9.37 Å². The molecule has 1 aliphatic heterocycles. The largest absolute Gasteiger partial charge is 0.301 e. The molecule has 1 aliphatic rings. The molecule has 0 fully saturated rings. The van der Waals surface area contributed by atoms with E-state index in [0.717, 1.165) is 0 Å². The second-order valence-corrected chi connectivity index (χ2v) is 7.47. The number of carbonyl (C=O) groups is 1. The van der Waals surface area contributed by atoms with Crippen LogP contribution in [0.25, 0.3) is 0 Å². The second-order valence-electron chi connectivity index (χ2n) is 4.09. The van der Waals surface area contributed by atoms with Gasteiger partial charge in [0.1, 0.15) is 5.83 Å². The zero-order chi connectivity index (χ0) is 12.5. The third-order valence-electron chi connectivity index (χ3n) is 2.51. The number of nitrogens with zero attached hydrogens (tertiary/aromatic N) is 1. The molecule has 0 saturated carbocycles. The Kier molecular flexibility index (Phi) is 3.35. The van der Waals surface area contributed by atoms with Gasteiger partial charge in [0.15, 0.2) is 5.13 Å². The minimum absolute atomic E-state index is 0.130. The number of nitrogens with one attached hydrogen (secondary N) is 1. The molecule has 1 atom stereocenters. The van der Waals surface area contributed by atoms with E-state index in [0.29, 0.717) is 5.13 Å². The SMILES string of the molecule is CC(C)(C(=O)Nc1nccs1)[SH]1C=CC(F)=C1. The highest BCUT2D eigenvalue weighted by molar-refractivity contribution is 8.24. The molecular formula is C11H13FN2OS2. The van der Waals surface area contributed by atoms with Crippen molar-refractivity contribution in [3.63, 3.8) is 0 Å². The maximum atomic E-state index is 13.0. The zero-order valence-electron chi connectivity index (χ0n) is 9.48. The van der Waals surface area contributed by atoms with E-state index in [1.54, 1.807) is 17.0 Å². The summed E-state index contributed by atoms with van der Waals surface area (Å²) < 4.78 is 12.4. The van der Waals surface area contributed by atoms with Gasteiger partial charge < -0.3 is 5.32 Å². The first-order valence-electron chi connectivity index (χ1n) is 5.05. The average Bonchev–Trinajstić information content (AvgIpc) is 2.89. The molecule has 0 radical (unpaired) electrons. The normalized spacial score (nSPS) is 21.4. The van der Waals surface area contributed by atoms with Crippen molar-refractivity contribution in [2.45, 2.75) is 18.6 Å². The van der Waals surface area contributed by atoms with Crippen molar-refractivity contribution in [1.82, 2.24) is 4.98 Å². The van der Waals surface area contributed by atoms with E-state index in [4.69, 9.17) is 0 Å². The van der Waals surface area contributed by atoms with E-state index in [1.165, 1.54) is 22.8 Å². The summed E-state index contributed by atoms with van der Waals surface area (Å²) in [5, 5.41) is 8.42. The minimum Gasteiger partial charge on any atom is -0.301 e. The van der Waals surface area contributed by atoms with Crippen LogP contribution >= 0.6 is 22.2 Å². The lowest BCUT2D eigenvalue weighted by Gasteiger charge is -2.30. The fraction of sp³-hybridized carbons (Fsp3) is 0.273. The van der Waals surface area contributed by atoms with Crippen molar-refractivity contribution in [2.24, 2.45) is 0 Å². The van der Waals surface area contributed by atoms with Crippen molar-refractivity contribution in [3.05, 3.63) is 34.3 Å². The first kappa shape index (κ1) is 12.3. The minimum atomic E-state index is -0.902. The summed E-state index contributed by atoms with van der Waals surface area (Å²) in [5.74, 6) is -0.389. The van der Waals surface area contributed by atoms with Crippen LogP contribution in [0.3, 0.4) is 0 Å². The van der Waals surface area contributed by atoms with Crippen LogP contribution in [-0.2, 0) is 4.79 Å². The van der Waals surface area contributed by atoms with Crippen LogP contribution in [0.15, 0.2) is 34.3 Å².